The predicted octanol–water partition coefficient (Wildman–Crippen LogP) is 2.61. The second-order valence-corrected chi connectivity index (χ2v) is 6.15. The molecule has 1 aliphatic heterocycles. The minimum atomic E-state index is 0.110. The number of aromatic hydroxyl groups is 1. The van der Waals surface area contributed by atoms with Crippen LogP contribution in [0.1, 0.15) is 17.0 Å². The number of rotatable bonds is 5. The van der Waals surface area contributed by atoms with Crippen LogP contribution < -0.4 is 4.74 Å². The van der Waals surface area contributed by atoms with Crippen molar-refractivity contribution in [1.82, 2.24) is 4.90 Å². The number of nitrogens with zero attached hydrogens (tertiary/aromatic N) is 1. The first-order valence-corrected chi connectivity index (χ1v) is 7.95. The van der Waals surface area contributed by atoms with E-state index < -0.39 is 0 Å². The molecule has 2 N–H and O–H groups in total. The highest BCUT2D eigenvalue weighted by atomic mass is 16.5. The number of ether oxygens (including phenoxy) is 1. The molecule has 3 rings (SSSR count). The molecule has 0 aromatic heterocycles. The number of aliphatic hydroxyl groups excluding tert-OH is 1. The van der Waals surface area contributed by atoms with Gasteiger partial charge in [0.25, 0.3) is 0 Å². The number of hydrogen-bond donors (Lipinski definition) is 2. The van der Waals surface area contributed by atoms with E-state index >= 15 is 0 Å². The zero-order chi connectivity index (χ0) is 16.2. The quantitative estimate of drug-likeness (QED) is 0.891. The van der Waals surface area contributed by atoms with E-state index in [0.717, 1.165) is 30.9 Å². The summed E-state index contributed by atoms with van der Waals surface area (Å²) in [7, 11) is 1.62. The summed E-state index contributed by atoms with van der Waals surface area (Å²) in [6.45, 7) is 2.62. The Morgan fingerprint density at radius 3 is 2.61 bits per heavy atom. The van der Waals surface area contributed by atoms with E-state index in [2.05, 4.69) is 17.0 Å². The standard InChI is InChI=1S/C19H23NO3/c1-23-16-7-8-19(22)17(9-16)18-12-20(11-15(18)13-21)10-14-5-3-2-4-6-14/h2-9,15,18,21-22H,10-13H2,1H3/t15-,18+/m1/s1. The lowest BCUT2D eigenvalue weighted by Gasteiger charge is -2.18. The van der Waals surface area contributed by atoms with Gasteiger partial charge in [0, 0.05) is 43.6 Å². The first-order chi connectivity index (χ1) is 11.2. The van der Waals surface area contributed by atoms with Gasteiger partial charge in [-0.05, 0) is 23.8 Å². The molecule has 1 saturated heterocycles. The topological polar surface area (TPSA) is 52.9 Å². The van der Waals surface area contributed by atoms with Gasteiger partial charge in [-0.1, -0.05) is 30.3 Å². The molecule has 0 aliphatic carbocycles. The Morgan fingerprint density at radius 2 is 1.91 bits per heavy atom. The Morgan fingerprint density at radius 1 is 1.13 bits per heavy atom. The maximum absolute atomic E-state index is 10.2. The van der Waals surface area contributed by atoms with Crippen LogP contribution in [0.25, 0.3) is 0 Å². The van der Waals surface area contributed by atoms with Gasteiger partial charge in [-0.3, -0.25) is 4.90 Å². The van der Waals surface area contributed by atoms with Crippen LogP contribution in [0.15, 0.2) is 48.5 Å². The average Bonchev–Trinajstić information content (AvgIpc) is 2.99. The molecule has 23 heavy (non-hydrogen) atoms. The molecule has 2 aromatic rings. The smallest absolute Gasteiger partial charge is 0.119 e. The summed E-state index contributed by atoms with van der Waals surface area (Å²) in [5.41, 5.74) is 2.12. The molecule has 0 unspecified atom stereocenters. The predicted molar refractivity (Wildman–Crippen MR) is 89.7 cm³/mol. The van der Waals surface area contributed by atoms with Crippen LogP contribution in [0.3, 0.4) is 0 Å². The second kappa shape index (κ2) is 7.02. The van der Waals surface area contributed by atoms with Crippen molar-refractivity contribution >= 4 is 0 Å². The summed E-state index contributed by atoms with van der Waals surface area (Å²) >= 11 is 0. The molecular formula is C19H23NO3. The van der Waals surface area contributed by atoms with Gasteiger partial charge >= 0.3 is 0 Å². The van der Waals surface area contributed by atoms with Gasteiger partial charge in [0.15, 0.2) is 0 Å². The first kappa shape index (κ1) is 15.8. The van der Waals surface area contributed by atoms with Crippen LogP contribution in [0.5, 0.6) is 11.5 Å². The summed E-state index contributed by atoms with van der Waals surface area (Å²) in [6.07, 6.45) is 0. The van der Waals surface area contributed by atoms with Crippen LogP contribution in [-0.4, -0.2) is 41.9 Å². The lowest BCUT2D eigenvalue weighted by Crippen LogP contribution is -2.20. The number of hydrogen-bond acceptors (Lipinski definition) is 4. The van der Waals surface area contributed by atoms with E-state index in [-0.39, 0.29) is 24.2 Å². The molecule has 122 valence electrons. The normalized spacial score (nSPS) is 21.5. The molecule has 0 radical (unpaired) electrons. The van der Waals surface area contributed by atoms with Gasteiger partial charge in [0.2, 0.25) is 0 Å². The summed E-state index contributed by atoms with van der Waals surface area (Å²) in [6, 6.07) is 15.6. The fraction of sp³-hybridized carbons (Fsp3) is 0.368. The highest BCUT2D eigenvalue weighted by Gasteiger charge is 2.34. The SMILES string of the molecule is COc1ccc(O)c([C@H]2CN(Cc3ccccc3)C[C@@H]2CO)c1. The molecule has 4 nitrogen and oxygen atoms in total. The van der Waals surface area contributed by atoms with Crippen molar-refractivity contribution < 1.29 is 14.9 Å². The maximum atomic E-state index is 10.2. The number of phenolic OH excluding ortho intramolecular Hbond substituents is 1. The molecule has 2 atom stereocenters. The summed E-state index contributed by atoms with van der Waals surface area (Å²) in [5, 5.41) is 20.0. The lowest BCUT2D eigenvalue weighted by atomic mass is 9.89. The van der Waals surface area contributed by atoms with Gasteiger partial charge in [0.05, 0.1) is 7.11 Å². The largest absolute Gasteiger partial charge is 0.508 e. The minimum absolute atomic E-state index is 0.110. The Kier molecular flexibility index (Phi) is 4.84. The van der Waals surface area contributed by atoms with E-state index in [4.69, 9.17) is 4.74 Å². The molecule has 0 bridgehead atoms. The molecule has 0 spiro atoms. The Labute approximate surface area is 136 Å². The van der Waals surface area contributed by atoms with Crippen molar-refractivity contribution in [2.24, 2.45) is 5.92 Å². The van der Waals surface area contributed by atoms with Crippen molar-refractivity contribution in [3.8, 4) is 11.5 Å². The molecule has 0 amide bonds. The van der Waals surface area contributed by atoms with Crippen LogP contribution in [-0.2, 0) is 6.54 Å². The highest BCUT2D eigenvalue weighted by molar-refractivity contribution is 5.42. The van der Waals surface area contributed by atoms with Crippen molar-refractivity contribution in [3.05, 3.63) is 59.7 Å². The maximum Gasteiger partial charge on any atom is 0.119 e. The lowest BCUT2D eigenvalue weighted by molar-refractivity contribution is 0.213. The van der Waals surface area contributed by atoms with E-state index in [9.17, 15) is 10.2 Å². The Bertz CT molecular complexity index is 644. The van der Waals surface area contributed by atoms with Gasteiger partial charge < -0.3 is 14.9 Å². The summed E-state index contributed by atoms with van der Waals surface area (Å²) in [4.78, 5) is 2.33. The van der Waals surface area contributed by atoms with Gasteiger partial charge in [0.1, 0.15) is 11.5 Å². The van der Waals surface area contributed by atoms with Crippen LogP contribution in [0, 0.1) is 5.92 Å². The van der Waals surface area contributed by atoms with Crippen molar-refractivity contribution in [2.75, 3.05) is 26.8 Å². The van der Waals surface area contributed by atoms with Gasteiger partial charge in [-0.15, -0.1) is 0 Å². The molecular weight excluding hydrogens is 290 g/mol. The molecule has 1 fully saturated rings. The number of likely N-dealkylation sites (tertiary alicyclic amines) is 1. The van der Waals surface area contributed by atoms with Crippen molar-refractivity contribution in [1.29, 1.82) is 0 Å². The molecule has 1 aliphatic rings. The van der Waals surface area contributed by atoms with E-state index in [1.54, 1.807) is 19.2 Å². The monoisotopic (exact) mass is 313 g/mol. The highest BCUT2D eigenvalue weighted by Crippen LogP contribution is 2.39. The third kappa shape index (κ3) is 3.49. The van der Waals surface area contributed by atoms with Crippen LogP contribution >= 0.6 is 0 Å². The molecule has 2 aromatic carbocycles. The van der Waals surface area contributed by atoms with Gasteiger partial charge in [-0.25, -0.2) is 0 Å². The van der Waals surface area contributed by atoms with Crippen LogP contribution in [0.2, 0.25) is 0 Å². The number of methoxy groups -OCH3 is 1. The first-order valence-electron chi connectivity index (χ1n) is 7.95. The Balaban J connectivity index is 1.79. The third-order valence-electron chi connectivity index (χ3n) is 4.63. The van der Waals surface area contributed by atoms with E-state index in [1.807, 2.05) is 24.3 Å². The summed E-state index contributed by atoms with van der Waals surface area (Å²) in [5.74, 6) is 1.24. The number of phenols is 1. The Hall–Kier alpha value is -2.04. The van der Waals surface area contributed by atoms with Crippen molar-refractivity contribution in [2.45, 2.75) is 12.5 Å². The molecule has 4 heteroatoms. The number of benzene rings is 2. The second-order valence-electron chi connectivity index (χ2n) is 6.15. The van der Waals surface area contributed by atoms with Crippen LogP contribution in [0.4, 0.5) is 0 Å². The molecule has 1 heterocycles. The van der Waals surface area contributed by atoms with Crippen molar-refractivity contribution in [3.63, 3.8) is 0 Å². The zero-order valence-electron chi connectivity index (χ0n) is 13.4. The fourth-order valence-electron chi connectivity index (χ4n) is 3.43. The van der Waals surface area contributed by atoms with E-state index in [0.29, 0.717) is 0 Å². The minimum Gasteiger partial charge on any atom is -0.508 e. The average molecular weight is 313 g/mol. The number of aliphatic hydroxyl groups is 1. The van der Waals surface area contributed by atoms with Gasteiger partial charge in [-0.2, -0.15) is 0 Å². The summed E-state index contributed by atoms with van der Waals surface area (Å²) < 4.78 is 5.27. The van der Waals surface area contributed by atoms with E-state index in [1.165, 1.54) is 5.56 Å². The fourth-order valence-corrected chi connectivity index (χ4v) is 3.43. The third-order valence-corrected chi connectivity index (χ3v) is 4.63. The molecule has 0 saturated carbocycles. The zero-order valence-corrected chi connectivity index (χ0v) is 13.4.